The molecule has 1 atom stereocenters. The van der Waals surface area contributed by atoms with E-state index >= 15 is 0 Å². The highest BCUT2D eigenvalue weighted by Gasteiger charge is 2.21. The Morgan fingerprint density at radius 2 is 1.95 bits per heavy atom. The number of hydrogen-bond donors (Lipinski definition) is 2. The summed E-state index contributed by atoms with van der Waals surface area (Å²) in [6, 6.07) is 8.78. The number of hydrogen-bond acceptors (Lipinski definition) is 2. The molecule has 2 aromatic carbocycles. The summed E-state index contributed by atoms with van der Waals surface area (Å²) in [7, 11) is 0. The van der Waals surface area contributed by atoms with E-state index in [1.807, 2.05) is 6.07 Å². The smallest absolute Gasteiger partial charge is 0.149 e. The van der Waals surface area contributed by atoms with Crippen LogP contribution in [0.4, 0.5) is 14.5 Å². The number of aryl methyl sites for hydroxylation is 1. The first-order chi connectivity index (χ1) is 9.63. The molecule has 4 heteroatoms. The Balaban J connectivity index is 1.89. The molecular formula is C16H15F2NO. The number of phenols is 1. The Morgan fingerprint density at radius 3 is 2.75 bits per heavy atom. The molecule has 0 saturated carbocycles. The Bertz CT molecular complexity index is 642. The second kappa shape index (κ2) is 5.12. The molecule has 104 valence electrons. The molecule has 2 aromatic rings. The van der Waals surface area contributed by atoms with Gasteiger partial charge in [-0.25, -0.2) is 8.78 Å². The van der Waals surface area contributed by atoms with Crippen LogP contribution in [-0.2, 0) is 6.42 Å². The second-order valence-corrected chi connectivity index (χ2v) is 5.10. The molecule has 0 aromatic heterocycles. The van der Waals surface area contributed by atoms with Gasteiger partial charge in [-0.2, -0.15) is 0 Å². The number of fused-ring (bicyclic) bond motifs is 1. The van der Waals surface area contributed by atoms with Gasteiger partial charge in [0.15, 0.2) is 0 Å². The lowest BCUT2D eigenvalue weighted by Gasteiger charge is -2.27. The summed E-state index contributed by atoms with van der Waals surface area (Å²) in [4.78, 5) is 0. The van der Waals surface area contributed by atoms with E-state index in [1.165, 1.54) is 12.1 Å². The van der Waals surface area contributed by atoms with Gasteiger partial charge in [0, 0.05) is 6.07 Å². The molecule has 0 amide bonds. The number of rotatable bonds is 2. The number of phenolic OH excluding ortho intramolecular Hbond substituents is 1. The Labute approximate surface area is 116 Å². The summed E-state index contributed by atoms with van der Waals surface area (Å²) in [6.07, 6.45) is 2.76. The highest BCUT2D eigenvalue weighted by molar-refractivity contribution is 5.49. The molecule has 0 aliphatic heterocycles. The monoisotopic (exact) mass is 275 g/mol. The molecule has 1 aliphatic carbocycles. The van der Waals surface area contributed by atoms with Crippen molar-refractivity contribution in [3.63, 3.8) is 0 Å². The average Bonchev–Trinajstić information content (AvgIpc) is 2.41. The van der Waals surface area contributed by atoms with E-state index in [0.717, 1.165) is 36.5 Å². The molecular weight excluding hydrogens is 260 g/mol. The first-order valence-corrected chi connectivity index (χ1v) is 6.67. The van der Waals surface area contributed by atoms with Crippen molar-refractivity contribution in [3.8, 4) is 5.75 Å². The SMILES string of the molecule is Oc1ccc2c(c1)CCCC2Nc1ccc(F)cc1F. The fourth-order valence-electron chi connectivity index (χ4n) is 2.74. The van der Waals surface area contributed by atoms with Crippen molar-refractivity contribution >= 4 is 5.69 Å². The summed E-state index contributed by atoms with van der Waals surface area (Å²) in [5.41, 5.74) is 2.45. The molecule has 3 rings (SSSR count). The maximum atomic E-state index is 13.7. The summed E-state index contributed by atoms with van der Waals surface area (Å²) in [5, 5.41) is 12.6. The number of benzene rings is 2. The quantitative estimate of drug-likeness (QED) is 0.862. The zero-order chi connectivity index (χ0) is 14.1. The normalized spacial score (nSPS) is 17.6. The third kappa shape index (κ3) is 2.46. The predicted molar refractivity (Wildman–Crippen MR) is 73.8 cm³/mol. The van der Waals surface area contributed by atoms with Gasteiger partial charge >= 0.3 is 0 Å². The van der Waals surface area contributed by atoms with E-state index in [1.54, 1.807) is 12.1 Å². The van der Waals surface area contributed by atoms with Crippen LogP contribution >= 0.6 is 0 Å². The summed E-state index contributed by atoms with van der Waals surface area (Å²) in [6.45, 7) is 0. The van der Waals surface area contributed by atoms with Crippen LogP contribution < -0.4 is 5.32 Å². The van der Waals surface area contributed by atoms with E-state index in [-0.39, 0.29) is 11.8 Å². The molecule has 2 nitrogen and oxygen atoms in total. The summed E-state index contributed by atoms with van der Waals surface area (Å²) < 4.78 is 26.6. The number of aromatic hydroxyl groups is 1. The molecule has 0 saturated heterocycles. The first kappa shape index (κ1) is 12.9. The van der Waals surface area contributed by atoms with Crippen LogP contribution in [0.3, 0.4) is 0 Å². The first-order valence-electron chi connectivity index (χ1n) is 6.67. The minimum Gasteiger partial charge on any atom is -0.508 e. The van der Waals surface area contributed by atoms with Crippen LogP contribution in [0, 0.1) is 11.6 Å². The van der Waals surface area contributed by atoms with Gasteiger partial charge in [-0.15, -0.1) is 0 Å². The summed E-state index contributed by atoms with van der Waals surface area (Å²) in [5.74, 6) is -0.921. The minimum absolute atomic E-state index is 0.0145. The highest BCUT2D eigenvalue weighted by atomic mass is 19.1. The standard InChI is InChI=1S/C16H15F2NO/c17-11-4-7-16(14(18)9-11)19-15-3-1-2-10-8-12(20)5-6-13(10)15/h4-9,15,19-20H,1-3H2. The molecule has 0 fully saturated rings. The Hall–Kier alpha value is -2.10. The van der Waals surface area contributed by atoms with Crippen LogP contribution in [-0.4, -0.2) is 5.11 Å². The molecule has 0 radical (unpaired) electrons. The van der Waals surface area contributed by atoms with E-state index in [0.29, 0.717) is 5.69 Å². The van der Waals surface area contributed by atoms with Crippen molar-refractivity contribution < 1.29 is 13.9 Å². The lowest BCUT2D eigenvalue weighted by molar-refractivity contribution is 0.472. The van der Waals surface area contributed by atoms with Gasteiger partial charge in [0.05, 0.1) is 11.7 Å². The van der Waals surface area contributed by atoms with E-state index in [4.69, 9.17) is 0 Å². The maximum absolute atomic E-state index is 13.7. The van der Waals surface area contributed by atoms with Gasteiger partial charge < -0.3 is 10.4 Å². The molecule has 0 bridgehead atoms. The van der Waals surface area contributed by atoms with Gasteiger partial charge in [-0.1, -0.05) is 6.07 Å². The number of halogens is 2. The molecule has 20 heavy (non-hydrogen) atoms. The van der Waals surface area contributed by atoms with Crippen molar-refractivity contribution in [3.05, 3.63) is 59.2 Å². The van der Waals surface area contributed by atoms with Crippen LogP contribution in [0.1, 0.15) is 30.0 Å². The molecule has 0 spiro atoms. The average molecular weight is 275 g/mol. The Kier molecular flexibility index (Phi) is 3.30. The second-order valence-electron chi connectivity index (χ2n) is 5.10. The fraction of sp³-hybridized carbons (Fsp3) is 0.250. The van der Waals surface area contributed by atoms with E-state index in [2.05, 4.69) is 5.32 Å². The van der Waals surface area contributed by atoms with Gasteiger partial charge in [-0.05, 0) is 54.7 Å². The highest BCUT2D eigenvalue weighted by Crippen LogP contribution is 2.34. The third-order valence-corrected chi connectivity index (χ3v) is 3.70. The van der Waals surface area contributed by atoms with Crippen molar-refractivity contribution in [2.75, 3.05) is 5.32 Å². The van der Waals surface area contributed by atoms with Crippen molar-refractivity contribution in [1.29, 1.82) is 0 Å². The fourth-order valence-corrected chi connectivity index (χ4v) is 2.74. The van der Waals surface area contributed by atoms with Crippen molar-refractivity contribution in [2.45, 2.75) is 25.3 Å². The van der Waals surface area contributed by atoms with Gasteiger partial charge in [0.1, 0.15) is 17.4 Å². The van der Waals surface area contributed by atoms with Crippen molar-refractivity contribution in [2.24, 2.45) is 0 Å². The lowest BCUT2D eigenvalue weighted by atomic mass is 9.87. The largest absolute Gasteiger partial charge is 0.508 e. The van der Waals surface area contributed by atoms with Gasteiger partial charge in [-0.3, -0.25) is 0 Å². The van der Waals surface area contributed by atoms with Crippen LogP contribution in [0.2, 0.25) is 0 Å². The maximum Gasteiger partial charge on any atom is 0.149 e. The Morgan fingerprint density at radius 1 is 1.10 bits per heavy atom. The zero-order valence-electron chi connectivity index (χ0n) is 10.9. The van der Waals surface area contributed by atoms with Gasteiger partial charge in [0.2, 0.25) is 0 Å². The lowest BCUT2D eigenvalue weighted by Crippen LogP contribution is -2.17. The topological polar surface area (TPSA) is 32.3 Å². The molecule has 1 aliphatic rings. The zero-order valence-corrected chi connectivity index (χ0v) is 10.9. The minimum atomic E-state index is -0.587. The molecule has 1 unspecified atom stereocenters. The molecule has 2 N–H and O–H groups in total. The van der Waals surface area contributed by atoms with Crippen LogP contribution in [0.5, 0.6) is 5.75 Å². The van der Waals surface area contributed by atoms with Crippen LogP contribution in [0.25, 0.3) is 0 Å². The number of nitrogens with one attached hydrogen (secondary N) is 1. The van der Waals surface area contributed by atoms with E-state index < -0.39 is 11.6 Å². The number of anilines is 1. The predicted octanol–water partition coefficient (Wildman–Crippen LogP) is 4.16. The summed E-state index contributed by atoms with van der Waals surface area (Å²) >= 11 is 0. The third-order valence-electron chi connectivity index (χ3n) is 3.70. The van der Waals surface area contributed by atoms with Crippen molar-refractivity contribution in [1.82, 2.24) is 0 Å². The van der Waals surface area contributed by atoms with Crippen LogP contribution in [0.15, 0.2) is 36.4 Å². The van der Waals surface area contributed by atoms with E-state index in [9.17, 15) is 13.9 Å². The molecule has 0 heterocycles. The van der Waals surface area contributed by atoms with Gasteiger partial charge in [0.25, 0.3) is 0 Å².